The Bertz CT molecular complexity index is 271. The lowest BCUT2D eigenvalue weighted by Crippen LogP contribution is -2.47. The van der Waals surface area contributed by atoms with Crippen LogP contribution in [-0.2, 0) is 4.79 Å². The molecule has 0 aromatic heterocycles. The summed E-state index contributed by atoms with van der Waals surface area (Å²) in [6, 6.07) is 0. The summed E-state index contributed by atoms with van der Waals surface area (Å²) < 4.78 is 0. The van der Waals surface area contributed by atoms with Crippen molar-refractivity contribution in [1.82, 2.24) is 5.32 Å². The molecule has 1 aliphatic carbocycles. The van der Waals surface area contributed by atoms with Crippen molar-refractivity contribution in [3.63, 3.8) is 0 Å². The standard InChI is InChI=1S/C15H27NO/c1-11-7-12(2)9-13(8-11)14(17)15(3)5-4-6-16-10-15/h11-13,16H,4-10H2,1-3H3. The van der Waals surface area contributed by atoms with E-state index in [2.05, 4.69) is 26.1 Å². The molecule has 0 amide bonds. The van der Waals surface area contributed by atoms with Crippen molar-refractivity contribution in [3.05, 3.63) is 0 Å². The lowest BCUT2D eigenvalue weighted by Gasteiger charge is -2.39. The summed E-state index contributed by atoms with van der Waals surface area (Å²) in [5.41, 5.74) is -0.0836. The number of ketones is 1. The highest BCUT2D eigenvalue weighted by Crippen LogP contribution is 2.39. The van der Waals surface area contributed by atoms with E-state index < -0.39 is 0 Å². The summed E-state index contributed by atoms with van der Waals surface area (Å²) >= 11 is 0. The number of carbonyl (C=O) groups excluding carboxylic acids is 1. The van der Waals surface area contributed by atoms with E-state index in [1.807, 2.05) is 0 Å². The van der Waals surface area contributed by atoms with Crippen LogP contribution in [0.15, 0.2) is 0 Å². The third-order valence-corrected chi connectivity index (χ3v) is 4.74. The van der Waals surface area contributed by atoms with Gasteiger partial charge in [0.15, 0.2) is 0 Å². The van der Waals surface area contributed by atoms with Crippen LogP contribution >= 0.6 is 0 Å². The van der Waals surface area contributed by atoms with Gasteiger partial charge in [0.25, 0.3) is 0 Å². The molecule has 1 heterocycles. The van der Waals surface area contributed by atoms with Crippen LogP contribution < -0.4 is 5.32 Å². The van der Waals surface area contributed by atoms with Gasteiger partial charge in [0.1, 0.15) is 5.78 Å². The Morgan fingerprint density at radius 1 is 1.18 bits per heavy atom. The first-order valence-corrected chi connectivity index (χ1v) is 7.26. The molecular weight excluding hydrogens is 210 g/mol. The maximum Gasteiger partial charge on any atom is 0.143 e. The van der Waals surface area contributed by atoms with Crippen molar-refractivity contribution < 1.29 is 4.79 Å². The smallest absolute Gasteiger partial charge is 0.143 e. The molecule has 0 radical (unpaired) electrons. The molecule has 0 aromatic carbocycles. The number of piperidine rings is 1. The van der Waals surface area contributed by atoms with E-state index in [1.54, 1.807) is 0 Å². The minimum absolute atomic E-state index is 0.0836. The van der Waals surface area contributed by atoms with Gasteiger partial charge in [0, 0.05) is 17.9 Å². The van der Waals surface area contributed by atoms with Crippen LogP contribution in [0.4, 0.5) is 0 Å². The third kappa shape index (κ3) is 2.90. The average Bonchev–Trinajstić information content (AvgIpc) is 2.27. The van der Waals surface area contributed by atoms with Crippen LogP contribution in [0.3, 0.4) is 0 Å². The van der Waals surface area contributed by atoms with E-state index in [9.17, 15) is 4.79 Å². The summed E-state index contributed by atoms with van der Waals surface area (Å²) in [5.74, 6) is 2.34. The maximum absolute atomic E-state index is 12.7. The lowest BCUT2D eigenvalue weighted by atomic mass is 9.67. The highest BCUT2D eigenvalue weighted by Gasteiger charge is 2.40. The third-order valence-electron chi connectivity index (χ3n) is 4.74. The van der Waals surface area contributed by atoms with Crippen LogP contribution in [0.5, 0.6) is 0 Å². The van der Waals surface area contributed by atoms with Gasteiger partial charge in [-0.3, -0.25) is 4.79 Å². The molecule has 2 aliphatic rings. The van der Waals surface area contributed by atoms with Crippen molar-refractivity contribution in [2.75, 3.05) is 13.1 Å². The van der Waals surface area contributed by atoms with Gasteiger partial charge in [0.05, 0.1) is 0 Å². The fraction of sp³-hybridized carbons (Fsp3) is 0.933. The van der Waals surface area contributed by atoms with Crippen LogP contribution in [-0.4, -0.2) is 18.9 Å². The van der Waals surface area contributed by atoms with Gasteiger partial charge in [-0.05, 0) is 50.5 Å². The van der Waals surface area contributed by atoms with E-state index in [4.69, 9.17) is 0 Å². The van der Waals surface area contributed by atoms with E-state index in [-0.39, 0.29) is 5.41 Å². The number of hydrogen-bond donors (Lipinski definition) is 1. The Hall–Kier alpha value is -0.370. The number of rotatable bonds is 2. The van der Waals surface area contributed by atoms with Crippen molar-refractivity contribution in [2.45, 2.75) is 52.9 Å². The Kier molecular flexibility index (Phi) is 3.92. The molecule has 1 aliphatic heterocycles. The zero-order valence-electron chi connectivity index (χ0n) is 11.6. The predicted molar refractivity (Wildman–Crippen MR) is 70.9 cm³/mol. The largest absolute Gasteiger partial charge is 0.316 e. The first-order valence-electron chi connectivity index (χ1n) is 7.26. The molecule has 1 N–H and O–H groups in total. The second kappa shape index (κ2) is 5.09. The fourth-order valence-electron chi connectivity index (χ4n) is 3.92. The van der Waals surface area contributed by atoms with Gasteiger partial charge in [-0.2, -0.15) is 0 Å². The second-order valence-electron chi connectivity index (χ2n) is 6.82. The molecule has 3 atom stereocenters. The summed E-state index contributed by atoms with van der Waals surface area (Å²) in [5, 5.41) is 3.40. The highest BCUT2D eigenvalue weighted by atomic mass is 16.1. The van der Waals surface area contributed by atoms with E-state index in [0.29, 0.717) is 11.7 Å². The molecule has 0 bridgehead atoms. The molecule has 2 rings (SSSR count). The second-order valence-corrected chi connectivity index (χ2v) is 6.82. The average molecular weight is 237 g/mol. The normalized spacial score (nSPS) is 43.4. The van der Waals surface area contributed by atoms with Gasteiger partial charge in [-0.15, -0.1) is 0 Å². The molecule has 17 heavy (non-hydrogen) atoms. The topological polar surface area (TPSA) is 29.1 Å². The Morgan fingerprint density at radius 2 is 1.82 bits per heavy atom. The van der Waals surface area contributed by atoms with E-state index in [1.165, 1.54) is 6.42 Å². The number of hydrogen-bond acceptors (Lipinski definition) is 2. The molecule has 98 valence electrons. The van der Waals surface area contributed by atoms with Crippen LogP contribution in [0, 0.1) is 23.2 Å². The number of carbonyl (C=O) groups is 1. The SMILES string of the molecule is CC1CC(C)CC(C(=O)C2(C)CCCNC2)C1. The molecule has 1 saturated carbocycles. The van der Waals surface area contributed by atoms with Crippen molar-refractivity contribution >= 4 is 5.78 Å². The van der Waals surface area contributed by atoms with Gasteiger partial charge in [-0.25, -0.2) is 0 Å². The van der Waals surface area contributed by atoms with Crippen molar-refractivity contribution in [1.29, 1.82) is 0 Å². The monoisotopic (exact) mass is 237 g/mol. The Morgan fingerprint density at radius 3 is 2.35 bits per heavy atom. The van der Waals surface area contributed by atoms with Crippen LogP contribution in [0.25, 0.3) is 0 Å². The first-order chi connectivity index (χ1) is 8.01. The quantitative estimate of drug-likeness (QED) is 0.800. The summed E-state index contributed by atoms with van der Waals surface area (Å²) in [6.45, 7) is 8.76. The zero-order valence-corrected chi connectivity index (χ0v) is 11.6. The van der Waals surface area contributed by atoms with Crippen LogP contribution in [0.2, 0.25) is 0 Å². The zero-order chi connectivity index (χ0) is 12.5. The van der Waals surface area contributed by atoms with Gasteiger partial charge < -0.3 is 5.32 Å². The minimum Gasteiger partial charge on any atom is -0.316 e. The molecule has 0 spiro atoms. The maximum atomic E-state index is 12.7. The number of nitrogens with one attached hydrogen (secondary N) is 1. The van der Waals surface area contributed by atoms with Gasteiger partial charge in [0.2, 0.25) is 0 Å². The first kappa shape index (κ1) is 13.1. The van der Waals surface area contributed by atoms with Gasteiger partial charge in [-0.1, -0.05) is 20.8 Å². The molecule has 2 heteroatoms. The Labute approximate surface area is 106 Å². The molecule has 1 saturated heterocycles. The summed E-state index contributed by atoms with van der Waals surface area (Å²) in [7, 11) is 0. The van der Waals surface area contributed by atoms with Crippen molar-refractivity contribution in [3.8, 4) is 0 Å². The number of Topliss-reactive ketones (excluding diaryl/α,β-unsaturated/α-hetero) is 1. The molecule has 2 nitrogen and oxygen atoms in total. The predicted octanol–water partition coefficient (Wildman–Crippen LogP) is 3.02. The molecule has 2 fully saturated rings. The highest BCUT2D eigenvalue weighted by molar-refractivity contribution is 5.87. The van der Waals surface area contributed by atoms with E-state index >= 15 is 0 Å². The molecular formula is C15H27NO. The van der Waals surface area contributed by atoms with E-state index in [0.717, 1.165) is 50.6 Å². The molecule has 3 unspecified atom stereocenters. The van der Waals surface area contributed by atoms with Crippen LogP contribution in [0.1, 0.15) is 52.9 Å². The lowest BCUT2D eigenvalue weighted by molar-refractivity contribution is -0.135. The summed E-state index contributed by atoms with van der Waals surface area (Å²) in [6.07, 6.45) is 5.79. The van der Waals surface area contributed by atoms with Gasteiger partial charge >= 0.3 is 0 Å². The fourth-order valence-corrected chi connectivity index (χ4v) is 3.92. The Balaban J connectivity index is 2.03. The molecule has 0 aromatic rings. The summed E-state index contributed by atoms with van der Waals surface area (Å²) in [4.78, 5) is 12.7. The minimum atomic E-state index is -0.0836. The van der Waals surface area contributed by atoms with Crippen molar-refractivity contribution in [2.24, 2.45) is 23.2 Å².